The number of carbonyl (C=O) groups excluding carboxylic acids is 1. The normalized spacial score (nSPS) is 21.4. The molecule has 3 heteroatoms. The van der Waals surface area contributed by atoms with Gasteiger partial charge in [0.15, 0.2) is 0 Å². The lowest BCUT2D eigenvalue weighted by Gasteiger charge is -2.30. The number of hydrogen-bond acceptors (Lipinski definition) is 2. The monoisotopic (exact) mass is 205 g/mol. The molecule has 15 heavy (non-hydrogen) atoms. The molecule has 1 aromatic carbocycles. The highest BCUT2D eigenvalue weighted by atomic mass is 16.3. The quantitative estimate of drug-likeness (QED) is 0.750. The highest BCUT2D eigenvalue weighted by Gasteiger charge is 2.22. The lowest BCUT2D eigenvalue weighted by atomic mass is 10.1. The van der Waals surface area contributed by atoms with Gasteiger partial charge < -0.3 is 10.0 Å². The van der Waals surface area contributed by atoms with Crippen molar-refractivity contribution in [1.29, 1.82) is 0 Å². The summed E-state index contributed by atoms with van der Waals surface area (Å²) in [5.74, 6) is 0.0225. The average molecular weight is 205 g/mol. The second-order valence-corrected chi connectivity index (χ2v) is 3.91. The number of aliphatic hydroxyl groups excluding tert-OH is 1. The van der Waals surface area contributed by atoms with Gasteiger partial charge in [-0.2, -0.15) is 0 Å². The van der Waals surface area contributed by atoms with Crippen LogP contribution in [0.15, 0.2) is 30.3 Å². The Morgan fingerprint density at radius 2 is 2.07 bits per heavy atom. The zero-order valence-corrected chi connectivity index (χ0v) is 8.60. The van der Waals surface area contributed by atoms with Gasteiger partial charge in [0.25, 0.3) is 5.91 Å². The second kappa shape index (κ2) is 4.45. The molecule has 0 radical (unpaired) electrons. The molecule has 3 nitrogen and oxygen atoms in total. The molecule has 2 rings (SSSR count). The van der Waals surface area contributed by atoms with Gasteiger partial charge in [0.1, 0.15) is 0 Å². The number of aliphatic hydroxyl groups is 1. The molecule has 1 fully saturated rings. The molecule has 1 amide bonds. The van der Waals surface area contributed by atoms with Crippen molar-refractivity contribution in [1.82, 2.24) is 4.90 Å². The Morgan fingerprint density at radius 1 is 1.33 bits per heavy atom. The zero-order valence-electron chi connectivity index (χ0n) is 8.60. The van der Waals surface area contributed by atoms with E-state index >= 15 is 0 Å². The molecule has 1 heterocycles. The molecule has 0 aliphatic carbocycles. The minimum absolute atomic E-state index is 0.0225. The Bertz CT molecular complexity index is 337. The number of nitrogens with zero attached hydrogens (tertiary/aromatic N) is 1. The Morgan fingerprint density at radius 3 is 2.73 bits per heavy atom. The second-order valence-electron chi connectivity index (χ2n) is 3.91. The minimum atomic E-state index is -0.355. The van der Waals surface area contributed by atoms with Gasteiger partial charge in [0.2, 0.25) is 0 Å². The van der Waals surface area contributed by atoms with E-state index in [9.17, 15) is 9.90 Å². The van der Waals surface area contributed by atoms with Crippen LogP contribution >= 0.6 is 0 Å². The van der Waals surface area contributed by atoms with Crippen molar-refractivity contribution in [3.8, 4) is 0 Å². The van der Waals surface area contributed by atoms with E-state index in [2.05, 4.69) is 0 Å². The van der Waals surface area contributed by atoms with Gasteiger partial charge in [-0.1, -0.05) is 18.2 Å². The lowest BCUT2D eigenvalue weighted by Crippen LogP contribution is -2.42. The summed E-state index contributed by atoms with van der Waals surface area (Å²) in [7, 11) is 0. The molecule has 0 aromatic heterocycles. The van der Waals surface area contributed by atoms with Gasteiger partial charge in [-0.15, -0.1) is 0 Å². The summed E-state index contributed by atoms with van der Waals surface area (Å²) in [4.78, 5) is 13.7. The van der Waals surface area contributed by atoms with E-state index in [4.69, 9.17) is 0 Å². The fourth-order valence-electron chi connectivity index (χ4n) is 1.90. The molecular formula is C12H15NO2. The van der Waals surface area contributed by atoms with Gasteiger partial charge in [-0.3, -0.25) is 4.79 Å². The summed E-state index contributed by atoms with van der Waals surface area (Å²) in [6.07, 6.45) is 1.34. The number of amides is 1. The van der Waals surface area contributed by atoms with Crippen LogP contribution in [0, 0.1) is 0 Å². The van der Waals surface area contributed by atoms with Crippen molar-refractivity contribution in [2.45, 2.75) is 18.9 Å². The van der Waals surface area contributed by atoms with Crippen LogP contribution < -0.4 is 0 Å². The fourth-order valence-corrected chi connectivity index (χ4v) is 1.90. The number of rotatable bonds is 1. The molecular weight excluding hydrogens is 190 g/mol. The summed E-state index contributed by atoms with van der Waals surface area (Å²) in [5, 5.41) is 9.48. The molecule has 1 saturated heterocycles. The van der Waals surface area contributed by atoms with Gasteiger partial charge in [0.05, 0.1) is 6.10 Å². The number of likely N-dealkylation sites (tertiary alicyclic amines) is 1. The average Bonchev–Trinajstić information content (AvgIpc) is 2.29. The zero-order chi connectivity index (χ0) is 10.7. The predicted octanol–water partition coefficient (Wildman–Crippen LogP) is 1.28. The number of piperidine rings is 1. The van der Waals surface area contributed by atoms with Gasteiger partial charge in [-0.25, -0.2) is 0 Å². The molecule has 0 bridgehead atoms. The predicted molar refractivity (Wildman–Crippen MR) is 57.6 cm³/mol. The first-order valence-electron chi connectivity index (χ1n) is 5.30. The Hall–Kier alpha value is -1.35. The first-order valence-corrected chi connectivity index (χ1v) is 5.30. The Balaban J connectivity index is 2.08. The van der Waals surface area contributed by atoms with E-state index in [0.29, 0.717) is 12.1 Å². The molecule has 1 aromatic rings. The summed E-state index contributed by atoms with van der Waals surface area (Å²) in [6, 6.07) is 9.22. The molecule has 1 aliphatic heterocycles. The summed E-state index contributed by atoms with van der Waals surface area (Å²) < 4.78 is 0. The van der Waals surface area contributed by atoms with Crippen molar-refractivity contribution in [2.75, 3.05) is 13.1 Å². The van der Waals surface area contributed by atoms with E-state index in [1.54, 1.807) is 4.90 Å². The van der Waals surface area contributed by atoms with Crippen LogP contribution in [0.3, 0.4) is 0 Å². The van der Waals surface area contributed by atoms with Crippen molar-refractivity contribution in [3.63, 3.8) is 0 Å². The minimum Gasteiger partial charge on any atom is -0.391 e. The molecule has 1 atom stereocenters. The number of hydrogen-bond donors (Lipinski definition) is 1. The number of benzene rings is 1. The third-order valence-corrected chi connectivity index (χ3v) is 2.70. The summed E-state index contributed by atoms with van der Waals surface area (Å²) in [5.41, 5.74) is 0.701. The van der Waals surface area contributed by atoms with Gasteiger partial charge >= 0.3 is 0 Å². The largest absolute Gasteiger partial charge is 0.391 e. The maximum atomic E-state index is 12.0. The first kappa shape index (κ1) is 10.2. The Labute approximate surface area is 89.3 Å². The number of carbonyl (C=O) groups is 1. The van der Waals surface area contributed by atoms with Crippen LogP contribution in [-0.2, 0) is 0 Å². The summed E-state index contributed by atoms with van der Waals surface area (Å²) >= 11 is 0. The third-order valence-electron chi connectivity index (χ3n) is 2.70. The molecule has 1 N–H and O–H groups in total. The van der Waals surface area contributed by atoms with Crippen LogP contribution in [0.4, 0.5) is 0 Å². The third kappa shape index (κ3) is 2.36. The molecule has 1 aliphatic rings. The summed E-state index contributed by atoms with van der Waals surface area (Å²) in [6.45, 7) is 1.22. The highest BCUT2D eigenvalue weighted by Crippen LogP contribution is 2.13. The van der Waals surface area contributed by atoms with Crippen molar-refractivity contribution in [2.24, 2.45) is 0 Å². The SMILES string of the molecule is O=C(c1ccccc1)N1CCC[C@H](O)C1. The van der Waals surface area contributed by atoms with Gasteiger partial charge in [0, 0.05) is 18.7 Å². The molecule has 0 unspecified atom stereocenters. The molecule has 80 valence electrons. The topological polar surface area (TPSA) is 40.5 Å². The van der Waals surface area contributed by atoms with Crippen molar-refractivity contribution in [3.05, 3.63) is 35.9 Å². The van der Waals surface area contributed by atoms with Gasteiger partial charge in [-0.05, 0) is 25.0 Å². The van der Waals surface area contributed by atoms with Crippen LogP contribution in [0.1, 0.15) is 23.2 Å². The maximum absolute atomic E-state index is 12.0. The molecule has 0 saturated carbocycles. The number of β-amino-alcohol motifs (C(OH)–C–C–N with tert-alkyl or cyclic N) is 1. The maximum Gasteiger partial charge on any atom is 0.253 e. The van der Waals surface area contributed by atoms with E-state index in [0.717, 1.165) is 19.4 Å². The van der Waals surface area contributed by atoms with E-state index in [-0.39, 0.29) is 12.0 Å². The molecule has 0 spiro atoms. The van der Waals surface area contributed by atoms with Crippen molar-refractivity contribution >= 4 is 5.91 Å². The highest BCUT2D eigenvalue weighted by molar-refractivity contribution is 5.94. The standard InChI is InChI=1S/C12H15NO2/c14-11-7-4-8-13(9-11)12(15)10-5-2-1-3-6-10/h1-3,5-6,11,14H,4,7-9H2/t11-/m0/s1. The fraction of sp³-hybridized carbons (Fsp3) is 0.417. The smallest absolute Gasteiger partial charge is 0.253 e. The van der Waals surface area contributed by atoms with Crippen LogP contribution in [-0.4, -0.2) is 35.1 Å². The van der Waals surface area contributed by atoms with Crippen LogP contribution in [0.25, 0.3) is 0 Å². The van der Waals surface area contributed by atoms with Crippen molar-refractivity contribution < 1.29 is 9.90 Å². The van der Waals surface area contributed by atoms with E-state index in [1.807, 2.05) is 30.3 Å². The first-order chi connectivity index (χ1) is 7.27. The lowest BCUT2D eigenvalue weighted by molar-refractivity contribution is 0.0474. The van der Waals surface area contributed by atoms with E-state index in [1.165, 1.54) is 0 Å². The van der Waals surface area contributed by atoms with E-state index < -0.39 is 0 Å². The van der Waals surface area contributed by atoms with Crippen LogP contribution in [0.5, 0.6) is 0 Å². The van der Waals surface area contributed by atoms with Crippen LogP contribution in [0.2, 0.25) is 0 Å². The Kier molecular flexibility index (Phi) is 3.02.